The van der Waals surface area contributed by atoms with Gasteiger partial charge in [0.2, 0.25) is 17.7 Å². The molecule has 2 atom stereocenters. The average molecular weight is 421 g/mol. The summed E-state index contributed by atoms with van der Waals surface area (Å²) < 4.78 is 4.93. The van der Waals surface area contributed by atoms with E-state index in [4.69, 9.17) is 10.5 Å². The number of benzene rings is 1. The highest BCUT2D eigenvalue weighted by atomic mass is 16.5. The molecule has 0 aliphatic rings. The van der Waals surface area contributed by atoms with Crippen molar-refractivity contribution in [3.63, 3.8) is 0 Å². The van der Waals surface area contributed by atoms with Crippen molar-refractivity contribution in [2.75, 3.05) is 11.9 Å². The van der Waals surface area contributed by atoms with Crippen LogP contribution in [0, 0.1) is 5.92 Å². The highest BCUT2D eigenvalue weighted by molar-refractivity contribution is 5.98. The Balaban J connectivity index is 2.81. The van der Waals surface area contributed by atoms with E-state index in [2.05, 4.69) is 16.0 Å². The third-order valence-corrected chi connectivity index (χ3v) is 4.30. The first-order chi connectivity index (χ1) is 14.1. The summed E-state index contributed by atoms with van der Waals surface area (Å²) in [6.45, 7) is 6.83. The standard InChI is InChI=1S/C21H32N4O5/c1-13(2)19(23-14(3)26)21(29)25-18(6-5-11-22)20(28)24-17-9-7-16(8-10-17)12-30-15(4)27/h7-10,13,18-19H,5-6,11-12,22H2,1-4H3,(H,23,26)(H,24,28)(H,25,29)/t18-,19-/m0/s1. The summed E-state index contributed by atoms with van der Waals surface area (Å²) in [7, 11) is 0. The first-order valence-corrected chi connectivity index (χ1v) is 9.94. The molecule has 9 heteroatoms. The molecule has 0 heterocycles. The van der Waals surface area contributed by atoms with Crippen molar-refractivity contribution in [3.8, 4) is 0 Å². The third-order valence-electron chi connectivity index (χ3n) is 4.30. The van der Waals surface area contributed by atoms with E-state index < -0.39 is 18.0 Å². The summed E-state index contributed by atoms with van der Waals surface area (Å²) in [6.07, 6.45) is 0.912. The van der Waals surface area contributed by atoms with Crippen LogP contribution in [0.5, 0.6) is 0 Å². The van der Waals surface area contributed by atoms with Crippen molar-refractivity contribution in [3.05, 3.63) is 29.8 Å². The molecule has 0 aliphatic carbocycles. The van der Waals surface area contributed by atoms with Gasteiger partial charge < -0.3 is 26.4 Å². The van der Waals surface area contributed by atoms with Crippen LogP contribution in [0.3, 0.4) is 0 Å². The molecular formula is C21H32N4O5. The van der Waals surface area contributed by atoms with Gasteiger partial charge in [0.15, 0.2) is 0 Å². The largest absolute Gasteiger partial charge is 0.461 e. The van der Waals surface area contributed by atoms with Crippen molar-refractivity contribution < 1.29 is 23.9 Å². The molecule has 9 nitrogen and oxygen atoms in total. The molecule has 0 aromatic heterocycles. The highest BCUT2D eigenvalue weighted by Gasteiger charge is 2.28. The quantitative estimate of drug-likeness (QED) is 0.395. The van der Waals surface area contributed by atoms with E-state index in [0.717, 1.165) is 5.56 Å². The number of amides is 3. The fourth-order valence-corrected chi connectivity index (χ4v) is 2.70. The number of carbonyl (C=O) groups is 4. The fraction of sp³-hybridized carbons (Fsp3) is 0.524. The van der Waals surface area contributed by atoms with Crippen LogP contribution in [0.4, 0.5) is 5.69 Å². The first-order valence-electron chi connectivity index (χ1n) is 9.94. The molecule has 0 saturated carbocycles. The van der Waals surface area contributed by atoms with E-state index >= 15 is 0 Å². The maximum atomic E-state index is 12.7. The van der Waals surface area contributed by atoms with Gasteiger partial charge in [-0.05, 0) is 43.0 Å². The van der Waals surface area contributed by atoms with Crippen LogP contribution in [-0.4, -0.2) is 42.3 Å². The molecule has 5 N–H and O–H groups in total. The molecule has 0 bridgehead atoms. The van der Waals surface area contributed by atoms with Crippen LogP contribution in [0.15, 0.2) is 24.3 Å². The number of esters is 1. The van der Waals surface area contributed by atoms with Crippen LogP contribution in [0.1, 0.15) is 46.1 Å². The SMILES string of the molecule is CC(=O)N[C@H](C(=O)N[C@@H](CCCN)C(=O)Nc1ccc(COC(C)=O)cc1)C(C)C. The van der Waals surface area contributed by atoms with Crippen molar-refractivity contribution >= 4 is 29.4 Å². The lowest BCUT2D eigenvalue weighted by Gasteiger charge is -2.25. The summed E-state index contributed by atoms with van der Waals surface area (Å²) in [6, 6.07) is 5.31. The molecule has 1 aromatic rings. The highest BCUT2D eigenvalue weighted by Crippen LogP contribution is 2.12. The van der Waals surface area contributed by atoms with Gasteiger partial charge in [0.1, 0.15) is 18.7 Å². The minimum absolute atomic E-state index is 0.142. The van der Waals surface area contributed by atoms with Gasteiger partial charge in [-0.15, -0.1) is 0 Å². The van der Waals surface area contributed by atoms with Crippen molar-refractivity contribution in [1.82, 2.24) is 10.6 Å². The number of ether oxygens (including phenoxy) is 1. The number of nitrogens with two attached hydrogens (primary N) is 1. The van der Waals surface area contributed by atoms with Crippen molar-refractivity contribution in [1.29, 1.82) is 0 Å². The lowest BCUT2D eigenvalue weighted by molar-refractivity contribution is -0.142. The number of nitrogens with one attached hydrogen (secondary N) is 3. The Hall–Kier alpha value is -2.94. The van der Waals surface area contributed by atoms with Crippen molar-refractivity contribution in [2.45, 2.75) is 59.2 Å². The van der Waals surface area contributed by atoms with Gasteiger partial charge in [-0.3, -0.25) is 19.2 Å². The van der Waals surface area contributed by atoms with Gasteiger partial charge in [0.25, 0.3) is 0 Å². The second kappa shape index (κ2) is 12.6. The molecule has 166 valence electrons. The summed E-state index contributed by atoms with van der Waals surface area (Å²) in [5.74, 6) is -1.63. The Kier molecular flexibility index (Phi) is 10.5. The smallest absolute Gasteiger partial charge is 0.302 e. The number of hydrogen-bond donors (Lipinski definition) is 4. The molecule has 3 amide bonds. The van der Waals surface area contributed by atoms with E-state index in [0.29, 0.717) is 25.1 Å². The molecule has 1 aromatic carbocycles. The number of anilines is 1. The minimum atomic E-state index is -0.795. The van der Waals surface area contributed by atoms with E-state index in [9.17, 15) is 19.2 Å². The Morgan fingerprint density at radius 3 is 2.13 bits per heavy atom. The zero-order chi connectivity index (χ0) is 22.7. The molecular weight excluding hydrogens is 388 g/mol. The van der Waals surface area contributed by atoms with Gasteiger partial charge in [0, 0.05) is 19.5 Å². The second-order valence-electron chi connectivity index (χ2n) is 7.38. The van der Waals surface area contributed by atoms with Gasteiger partial charge in [-0.2, -0.15) is 0 Å². The average Bonchev–Trinajstić information content (AvgIpc) is 2.68. The Bertz CT molecular complexity index is 733. The Morgan fingerprint density at radius 1 is 1.00 bits per heavy atom. The van der Waals surface area contributed by atoms with Gasteiger partial charge in [-0.25, -0.2) is 0 Å². The lowest BCUT2D eigenvalue weighted by atomic mass is 10.0. The first kappa shape index (κ1) is 25.1. The number of hydrogen-bond acceptors (Lipinski definition) is 6. The maximum Gasteiger partial charge on any atom is 0.302 e. The number of carbonyl (C=O) groups excluding carboxylic acids is 4. The second-order valence-corrected chi connectivity index (χ2v) is 7.38. The lowest BCUT2D eigenvalue weighted by Crippen LogP contribution is -2.54. The van der Waals surface area contributed by atoms with Crippen LogP contribution in [0.25, 0.3) is 0 Å². The predicted molar refractivity (Wildman–Crippen MR) is 113 cm³/mol. The maximum absolute atomic E-state index is 12.7. The van der Waals surface area contributed by atoms with E-state index in [1.807, 2.05) is 13.8 Å². The topological polar surface area (TPSA) is 140 Å². The molecule has 30 heavy (non-hydrogen) atoms. The summed E-state index contributed by atoms with van der Waals surface area (Å²) in [5.41, 5.74) is 6.89. The zero-order valence-electron chi connectivity index (χ0n) is 18.0. The van der Waals surface area contributed by atoms with Crippen LogP contribution < -0.4 is 21.7 Å². The summed E-state index contributed by atoms with van der Waals surface area (Å²) in [4.78, 5) is 47.7. The monoisotopic (exact) mass is 420 g/mol. The molecule has 0 unspecified atom stereocenters. The normalized spacial score (nSPS) is 12.6. The predicted octanol–water partition coefficient (Wildman–Crippen LogP) is 1.07. The molecule has 0 aliphatic heterocycles. The molecule has 0 saturated heterocycles. The van der Waals surface area contributed by atoms with Gasteiger partial charge in [0.05, 0.1) is 0 Å². The van der Waals surface area contributed by atoms with E-state index in [-0.39, 0.29) is 30.3 Å². The van der Waals surface area contributed by atoms with E-state index in [1.54, 1.807) is 24.3 Å². The molecule has 1 rings (SSSR count). The van der Waals surface area contributed by atoms with E-state index in [1.165, 1.54) is 13.8 Å². The van der Waals surface area contributed by atoms with Crippen LogP contribution >= 0.6 is 0 Å². The van der Waals surface area contributed by atoms with Crippen LogP contribution in [-0.2, 0) is 30.5 Å². The van der Waals surface area contributed by atoms with Crippen LogP contribution in [0.2, 0.25) is 0 Å². The molecule has 0 radical (unpaired) electrons. The Morgan fingerprint density at radius 2 is 1.63 bits per heavy atom. The molecule has 0 fully saturated rings. The van der Waals surface area contributed by atoms with Gasteiger partial charge >= 0.3 is 5.97 Å². The third kappa shape index (κ3) is 9.04. The zero-order valence-corrected chi connectivity index (χ0v) is 18.0. The number of rotatable bonds is 11. The summed E-state index contributed by atoms with van der Waals surface area (Å²) in [5, 5.41) is 8.10. The Labute approximate surface area is 177 Å². The summed E-state index contributed by atoms with van der Waals surface area (Å²) >= 11 is 0. The fourth-order valence-electron chi connectivity index (χ4n) is 2.70. The molecule has 0 spiro atoms. The van der Waals surface area contributed by atoms with Crippen molar-refractivity contribution in [2.24, 2.45) is 11.7 Å². The minimum Gasteiger partial charge on any atom is -0.461 e. The van der Waals surface area contributed by atoms with Gasteiger partial charge in [-0.1, -0.05) is 26.0 Å².